The van der Waals surface area contributed by atoms with Crippen LogP contribution in [0.15, 0.2) is 60.8 Å². The number of nitrogens with one attached hydrogen (secondary N) is 1. The van der Waals surface area contributed by atoms with Crippen molar-refractivity contribution in [2.75, 3.05) is 5.32 Å². The predicted molar refractivity (Wildman–Crippen MR) is 107 cm³/mol. The monoisotopic (exact) mass is 342 g/mol. The number of rotatable bonds is 4. The van der Waals surface area contributed by atoms with Crippen molar-refractivity contribution in [2.45, 2.75) is 20.4 Å². The number of nitrogens with zero attached hydrogens (tertiary/aromatic N) is 3. The Kier molecular flexibility index (Phi) is 4.17. The van der Waals surface area contributed by atoms with E-state index in [-0.39, 0.29) is 0 Å². The summed E-state index contributed by atoms with van der Waals surface area (Å²) in [5, 5.41) is 9.06. The van der Waals surface area contributed by atoms with E-state index in [0.717, 1.165) is 34.7 Å². The molecule has 4 nitrogen and oxygen atoms in total. The molecule has 0 unspecified atom stereocenters. The second-order valence-electron chi connectivity index (χ2n) is 6.72. The molecule has 0 bridgehead atoms. The van der Waals surface area contributed by atoms with Crippen LogP contribution in [0.2, 0.25) is 0 Å². The van der Waals surface area contributed by atoms with E-state index in [0.29, 0.717) is 0 Å². The lowest BCUT2D eigenvalue weighted by Crippen LogP contribution is -2.01. The van der Waals surface area contributed by atoms with Gasteiger partial charge < -0.3 is 5.32 Å². The fraction of sp³-hybridized carbons (Fsp3) is 0.182. The van der Waals surface area contributed by atoms with E-state index < -0.39 is 0 Å². The molecule has 4 rings (SSSR count). The fourth-order valence-electron chi connectivity index (χ4n) is 3.30. The topological polar surface area (TPSA) is 42.7 Å². The van der Waals surface area contributed by atoms with E-state index in [2.05, 4.69) is 70.9 Å². The number of hydrogen-bond donors (Lipinski definition) is 1. The van der Waals surface area contributed by atoms with Crippen molar-refractivity contribution in [3.8, 4) is 11.1 Å². The molecule has 0 radical (unpaired) electrons. The molecular formula is C22H22N4. The highest BCUT2D eigenvalue weighted by Crippen LogP contribution is 2.26. The van der Waals surface area contributed by atoms with Gasteiger partial charge >= 0.3 is 0 Å². The lowest BCUT2D eigenvalue weighted by atomic mass is 10.0. The first-order valence-electron chi connectivity index (χ1n) is 8.79. The van der Waals surface area contributed by atoms with E-state index >= 15 is 0 Å². The molecule has 0 aliphatic heterocycles. The van der Waals surface area contributed by atoms with E-state index in [4.69, 9.17) is 0 Å². The molecule has 2 aromatic carbocycles. The van der Waals surface area contributed by atoms with Crippen LogP contribution in [0.3, 0.4) is 0 Å². The summed E-state index contributed by atoms with van der Waals surface area (Å²) >= 11 is 0. The van der Waals surface area contributed by atoms with E-state index in [9.17, 15) is 0 Å². The number of aromatic nitrogens is 3. The summed E-state index contributed by atoms with van der Waals surface area (Å²) in [7, 11) is 1.98. The average Bonchev–Trinajstić information content (AvgIpc) is 2.94. The molecule has 0 aliphatic rings. The maximum Gasteiger partial charge on any atom is 0.126 e. The maximum atomic E-state index is 4.57. The Morgan fingerprint density at radius 1 is 0.962 bits per heavy atom. The van der Waals surface area contributed by atoms with Gasteiger partial charge in [0.25, 0.3) is 0 Å². The van der Waals surface area contributed by atoms with Crippen molar-refractivity contribution in [1.82, 2.24) is 14.8 Å². The van der Waals surface area contributed by atoms with Gasteiger partial charge in [-0.15, -0.1) is 0 Å². The Morgan fingerprint density at radius 2 is 1.81 bits per heavy atom. The van der Waals surface area contributed by atoms with Gasteiger partial charge in [0.1, 0.15) is 5.82 Å². The summed E-state index contributed by atoms with van der Waals surface area (Å²) in [6.07, 6.45) is 1.92. The van der Waals surface area contributed by atoms with Crippen LogP contribution in [-0.4, -0.2) is 14.8 Å². The molecule has 0 saturated heterocycles. The number of pyridine rings is 1. The Balaban J connectivity index is 1.53. The molecule has 0 atom stereocenters. The summed E-state index contributed by atoms with van der Waals surface area (Å²) in [4.78, 5) is 4.57. The van der Waals surface area contributed by atoms with Gasteiger partial charge in [-0.1, -0.05) is 35.9 Å². The largest absolute Gasteiger partial charge is 0.366 e. The molecule has 0 aliphatic carbocycles. The Morgan fingerprint density at radius 3 is 2.58 bits per heavy atom. The first-order valence-corrected chi connectivity index (χ1v) is 8.79. The second-order valence-corrected chi connectivity index (χ2v) is 6.72. The Bertz CT molecular complexity index is 1060. The summed E-state index contributed by atoms with van der Waals surface area (Å²) in [5.74, 6) is 0.883. The lowest BCUT2D eigenvalue weighted by Gasteiger charge is -2.08. The van der Waals surface area contributed by atoms with Crippen LogP contribution in [0.25, 0.3) is 22.0 Å². The van der Waals surface area contributed by atoms with E-state index in [1.165, 1.54) is 16.5 Å². The summed E-state index contributed by atoms with van der Waals surface area (Å²) in [6, 6.07) is 19.1. The third kappa shape index (κ3) is 3.18. The maximum absolute atomic E-state index is 4.57. The number of benzene rings is 2. The van der Waals surface area contributed by atoms with Gasteiger partial charge in [-0.25, -0.2) is 4.98 Å². The molecule has 130 valence electrons. The third-order valence-corrected chi connectivity index (χ3v) is 4.69. The van der Waals surface area contributed by atoms with Gasteiger partial charge in [-0.3, -0.25) is 4.68 Å². The lowest BCUT2D eigenvalue weighted by molar-refractivity contribution is 0.783. The molecule has 4 aromatic rings. The van der Waals surface area contributed by atoms with Gasteiger partial charge in [0.15, 0.2) is 0 Å². The van der Waals surface area contributed by atoms with Crippen molar-refractivity contribution in [3.05, 3.63) is 77.6 Å². The van der Waals surface area contributed by atoms with Crippen molar-refractivity contribution in [2.24, 2.45) is 7.05 Å². The zero-order chi connectivity index (χ0) is 18.1. The van der Waals surface area contributed by atoms with Crippen LogP contribution in [0.4, 0.5) is 5.82 Å². The third-order valence-electron chi connectivity index (χ3n) is 4.69. The predicted octanol–water partition coefficient (Wildman–Crippen LogP) is 4.86. The van der Waals surface area contributed by atoms with Crippen LogP contribution in [0.1, 0.15) is 16.8 Å². The van der Waals surface area contributed by atoms with Gasteiger partial charge in [0.05, 0.1) is 11.2 Å². The molecule has 0 spiro atoms. The summed E-state index contributed by atoms with van der Waals surface area (Å²) < 4.78 is 1.92. The number of fused-ring (bicyclic) bond motifs is 1. The molecule has 2 heterocycles. The van der Waals surface area contributed by atoms with Gasteiger partial charge in [-0.2, -0.15) is 5.10 Å². The van der Waals surface area contributed by atoms with Crippen LogP contribution in [-0.2, 0) is 13.6 Å². The quantitative estimate of drug-likeness (QED) is 0.576. The highest BCUT2D eigenvalue weighted by molar-refractivity contribution is 5.86. The van der Waals surface area contributed by atoms with Crippen molar-refractivity contribution in [3.63, 3.8) is 0 Å². The molecule has 2 aromatic heterocycles. The van der Waals surface area contributed by atoms with Crippen molar-refractivity contribution in [1.29, 1.82) is 0 Å². The van der Waals surface area contributed by atoms with E-state index in [1.54, 1.807) is 0 Å². The minimum Gasteiger partial charge on any atom is -0.366 e. The highest BCUT2D eigenvalue weighted by atomic mass is 15.3. The summed E-state index contributed by atoms with van der Waals surface area (Å²) in [5.41, 5.74) is 6.99. The minimum absolute atomic E-state index is 0.773. The molecule has 0 fully saturated rings. The normalized spacial score (nSPS) is 11.0. The zero-order valence-electron chi connectivity index (χ0n) is 15.3. The standard InChI is InChI=1S/C22H22N4/c1-15-5-4-6-17(11-15)13-23-22-10-8-19(14-24-22)18-7-9-21-20(12-18)16(2)25-26(21)3/h4-12,14H,13H2,1-3H3,(H,23,24). The minimum atomic E-state index is 0.773. The first kappa shape index (κ1) is 16.3. The van der Waals surface area contributed by atoms with Crippen LogP contribution < -0.4 is 5.32 Å². The SMILES string of the molecule is Cc1cccc(CNc2ccc(-c3ccc4c(c3)c(C)nn4C)cn2)c1. The van der Waals surface area contributed by atoms with Crippen molar-refractivity contribution >= 4 is 16.7 Å². The zero-order valence-corrected chi connectivity index (χ0v) is 15.3. The number of anilines is 1. The van der Waals surface area contributed by atoms with Crippen molar-refractivity contribution < 1.29 is 0 Å². The van der Waals surface area contributed by atoms with Gasteiger partial charge in [0, 0.05) is 30.7 Å². The average molecular weight is 342 g/mol. The second kappa shape index (κ2) is 6.64. The smallest absolute Gasteiger partial charge is 0.126 e. The fourth-order valence-corrected chi connectivity index (χ4v) is 3.30. The molecule has 26 heavy (non-hydrogen) atoms. The molecule has 1 N–H and O–H groups in total. The molecule has 4 heteroatoms. The number of hydrogen-bond acceptors (Lipinski definition) is 3. The van der Waals surface area contributed by atoms with Crippen LogP contribution in [0, 0.1) is 13.8 Å². The van der Waals surface area contributed by atoms with Gasteiger partial charge in [0.2, 0.25) is 0 Å². The summed E-state index contributed by atoms with van der Waals surface area (Å²) in [6.45, 7) is 4.93. The van der Waals surface area contributed by atoms with Gasteiger partial charge in [-0.05, 0) is 49.2 Å². The first-order chi connectivity index (χ1) is 12.6. The highest BCUT2D eigenvalue weighted by Gasteiger charge is 2.07. The van der Waals surface area contributed by atoms with Crippen LogP contribution >= 0.6 is 0 Å². The Hall–Kier alpha value is -3.14. The molecule has 0 amide bonds. The molecular weight excluding hydrogens is 320 g/mol. The van der Waals surface area contributed by atoms with Crippen LogP contribution in [0.5, 0.6) is 0 Å². The molecule has 0 saturated carbocycles. The van der Waals surface area contributed by atoms with E-state index in [1.807, 2.05) is 30.9 Å². The number of aryl methyl sites for hydroxylation is 3. The Labute approximate surface area is 153 Å².